The molecule has 0 bridgehead atoms. The van der Waals surface area contributed by atoms with Crippen molar-refractivity contribution >= 4 is 0 Å². The van der Waals surface area contributed by atoms with E-state index in [9.17, 15) is 0 Å². The summed E-state index contributed by atoms with van der Waals surface area (Å²) in [5, 5.41) is 3.42. The summed E-state index contributed by atoms with van der Waals surface area (Å²) < 4.78 is 5.03. The van der Waals surface area contributed by atoms with Crippen molar-refractivity contribution in [3.8, 4) is 0 Å². The maximum atomic E-state index is 5.03. The second kappa shape index (κ2) is 10.5. The SMILES string of the molecule is COCCNCCCCN1CCC(CN2CCCC2)CC1. The quantitative estimate of drug-likeness (QED) is 0.623. The Kier molecular flexibility index (Phi) is 8.64. The van der Waals surface area contributed by atoms with E-state index < -0.39 is 0 Å². The average Bonchev–Trinajstić information content (AvgIpc) is 3.01. The van der Waals surface area contributed by atoms with Gasteiger partial charge in [0.1, 0.15) is 0 Å². The van der Waals surface area contributed by atoms with Crippen LogP contribution in [-0.4, -0.2) is 75.9 Å². The van der Waals surface area contributed by atoms with Gasteiger partial charge in [0.2, 0.25) is 0 Å². The molecule has 4 heteroatoms. The second-order valence-electron chi connectivity index (χ2n) is 6.74. The summed E-state index contributed by atoms with van der Waals surface area (Å²) >= 11 is 0. The van der Waals surface area contributed by atoms with E-state index in [0.717, 1.165) is 25.6 Å². The molecular weight excluding hydrogens is 262 g/mol. The van der Waals surface area contributed by atoms with Gasteiger partial charge in [0, 0.05) is 20.2 Å². The number of nitrogens with one attached hydrogen (secondary N) is 1. The molecule has 2 aliphatic rings. The van der Waals surface area contributed by atoms with Crippen LogP contribution in [0, 0.1) is 5.92 Å². The predicted molar refractivity (Wildman–Crippen MR) is 88.8 cm³/mol. The third-order valence-electron chi connectivity index (χ3n) is 4.98. The van der Waals surface area contributed by atoms with E-state index in [-0.39, 0.29) is 0 Å². The van der Waals surface area contributed by atoms with Gasteiger partial charge in [-0.15, -0.1) is 0 Å². The van der Waals surface area contributed by atoms with Crippen LogP contribution in [0.15, 0.2) is 0 Å². The highest BCUT2D eigenvalue weighted by atomic mass is 16.5. The molecule has 0 saturated carbocycles. The fourth-order valence-electron chi connectivity index (χ4n) is 3.61. The Morgan fingerprint density at radius 2 is 1.71 bits per heavy atom. The molecule has 2 saturated heterocycles. The van der Waals surface area contributed by atoms with Crippen LogP contribution >= 0.6 is 0 Å². The number of nitrogens with zero attached hydrogens (tertiary/aromatic N) is 2. The van der Waals surface area contributed by atoms with Gasteiger partial charge in [-0.2, -0.15) is 0 Å². The molecule has 2 fully saturated rings. The van der Waals surface area contributed by atoms with Gasteiger partial charge in [-0.05, 0) is 83.7 Å². The molecular formula is C17H35N3O. The molecule has 0 aromatic rings. The first-order chi connectivity index (χ1) is 10.4. The number of methoxy groups -OCH3 is 1. The van der Waals surface area contributed by atoms with E-state index in [1.807, 2.05) is 0 Å². The molecule has 0 atom stereocenters. The lowest BCUT2D eigenvalue weighted by Gasteiger charge is -2.33. The van der Waals surface area contributed by atoms with E-state index >= 15 is 0 Å². The van der Waals surface area contributed by atoms with Crippen LogP contribution in [0.5, 0.6) is 0 Å². The van der Waals surface area contributed by atoms with Gasteiger partial charge < -0.3 is 19.9 Å². The zero-order chi connectivity index (χ0) is 14.8. The monoisotopic (exact) mass is 297 g/mol. The van der Waals surface area contributed by atoms with Crippen molar-refractivity contribution in [2.45, 2.75) is 38.5 Å². The number of likely N-dealkylation sites (tertiary alicyclic amines) is 2. The normalized spacial score (nSPS) is 22.1. The first kappa shape index (κ1) is 17.2. The summed E-state index contributed by atoms with van der Waals surface area (Å²) in [4.78, 5) is 5.36. The Morgan fingerprint density at radius 1 is 0.952 bits per heavy atom. The topological polar surface area (TPSA) is 27.7 Å². The highest BCUT2D eigenvalue weighted by molar-refractivity contribution is 4.77. The fourth-order valence-corrected chi connectivity index (χ4v) is 3.61. The third-order valence-corrected chi connectivity index (χ3v) is 4.98. The molecule has 124 valence electrons. The largest absolute Gasteiger partial charge is 0.383 e. The molecule has 0 spiro atoms. The maximum Gasteiger partial charge on any atom is 0.0587 e. The van der Waals surface area contributed by atoms with Crippen LogP contribution in [0.25, 0.3) is 0 Å². The Hall–Kier alpha value is -0.160. The number of hydrogen-bond donors (Lipinski definition) is 1. The molecule has 2 heterocycles. The van der Waals surface area contributed by atoms with Gasteiger partial charge in [0.15, 0.2) is 0 Å². The summed E-state index contributed by atoms with van der Waals surface area (Å²) in [6.45, 7) is 11.0. The Morgan fingerprint density at radius 3 is 2.43 bits per heavy atom. The van der Waals surface area contributed by atoms with Crippen molar-refractivity contribution in [1.29, 1.82) is 0 Å². The summed E-state index contributed by atoms with van der Waals surface area (Å²) in [6, 6.07) is 0. The van der Waals surface area contributed by atoms with Crippen LogP contribution in [-0.2, 0) is 4.74 Å². The Balaban J connectivity index is 1.43. The summed E-state index contributed by atoms with van der Waals surface area (Å²) in [5.74, 6) is 0.968. The first-order valence-electron chi connectivity index (χ1n) is 9.03. The number of unbranched alkanes of at least 4 members (excludes halogenated alkanes) is 1. The standard InChI is InChI=1S/C17H35N3O/c1-21-15-9-18-8-2-3-10-19-13-6-17(7-14-19)16-20-11-4-5-12-20/h17-18H,2-16H2,1H3. The van der Waals surface area contributed by atoms with Gasteiger partial charge in [0.05, 0.1) is 6.61 Å². The number of piperidine rings is 1. The molecule has 0 unspecified atom stereocenters. The zero-order valence-electron chi connectivity index (χ0n) is 14.0. The first-order valence-corrected chi connectivity index (χ1v) is 9.03. The van der Waals surface area contributed by atoms with Crippen molar-refractivity contribution in [3.63, 3.8) is 0 Å². The lowest BCUT2D eigenvalue weighted by atomic mass is 9.96. The minimum Gasteiger partial charge on any atom is -0.383 e. The van der Waals surface area contributed by atoms with E-state index in [1.54, 1.807) is 7.11 Å². The third kappa shape index (κ3) is 7.09. The minimum atomic E-state index is 0.824. The lowest BCUT2D eigenvalue weighted by molar-refractivity contribution is 0.152. The zero-order valence-corrected chi connectivity index (χ0v) is 14.0. The smallest absolute Gasteiger partial charge is 0.0587 e. The van der Waals surface area contributed by atoms with Crippen molar-refractivity contribution in [2.75, 3.05) is 66.1 Å². The predicted octanol–water partition coefficient (Wildman–Crippen LogP) is 1.81. The molecule has 1 N–H and O–H groups in total. The van der Waals surface area contributed by atoms with Crippen molar-refractivity contribution < 1.29 is 4.74 Å². The molecule has 21 heavy (non-hydrogen) atoms. The number of rotatable bonds is 10. The van der Waals surface area contributed by atoms with Gasteiger partial charge in [-0.1, -0.05) is 0 Å². The van der Waals surface area contributed by atoms with E-state index in [0.29, 0.717) is 0 Å². The summed E-state index contributed by atoms with van der Waals surface area (Å²) in [5.41, 5.74) is 0. The molecule has 0 amide bonds. The lowest BCUT2D eigenvalue weighted by Crippen LogP contribution is -2.38. The fraction of sp³-hybridized carbons (Fsp3) is 1.00. The molecule has 0 aromatic heterocycles. The number of hydrogen-bond acceptors (Lipinski definition) is 4. The molecule has 2 rings (SSSR count). The van der Waals surface area contributed by atoms with Crippen LogP contribution in [0.3, 0.4) is 0 Å². The molecule has 0 aliphatic carbocycles. The average molecular weight is 297 g/mol. The summed E-state index contributed by atoms with van der Waals surface area (Å²) in [6.07, 6.45) is 8.31. The highest BCUT2D eigenvalue weighted by Crippen LogP contribution is 2.20. The van der Waals surface area contributed by atoms with Crippen molar-refractivity contribution in [1.82, 2.24) is 15.1 Å². The van der Waals surface area contributed by atoms with Gasteiger partial charge in [-0.25, -0.2) is 0 Å². The minimum absolute atomic E-state index is 0.824. The summed E-state index contributed by atoms with van der Waals surface area (Å²) in [7, 11) is 1.76. The molecule has 4 nitrogen and oxygen atoms in total. The number of ether oxygens (including phenoxy) is 1. The van der Waals surface area contributed by atoms with E-state index in [4.69, 9.17) is 4.74 Å². The van der Waals surface area contributed by atoms with Crippen LogP contribution in [0.2, 0.25) is 0 Å². The Bertz CT molecular complexity index is 248. The second-order valence-corrected chi connectivity index (χ2v) is 6.74. The van der Waals surface area contributed by atoms with E-state index in [2.05, 4.69) is 15.1 Å². The van der Waals surface area contributed by atoms with Gasteiger partial charge in [-0.3, -0.25) is 0 Å². The molecule has 0 aromatic carbocycles. The molecule has 2 aliphatic heterocycles. The van der Waals surface area contributed by atoms with Crippen LogP contribution in [0.1, 0.15) is 38.5 Å². The molecule has 0 radical (unpaired) electrons. The van der Waals surface area contributed by atoms with E-state index in [1.165, 1.54) is 77.8 Å². The van der Waals surface area contributed by atoms with Crippen LogP contribution < -0.4 is 5.32 Å². The van der Waals surface area contributed by atoms with Crippen LogP contribution in [0.4, 0.5) is 0 Å². The van der Waals surface area contributed by atoms with Gasteiger partial charge >= 0.3 is 0 Å². The maximum absolute atomic E-state index is 5.03. The van der Waals surface area contributed by atoms with Gasteiger partial charge in [0.25, 0.3) is 0 Å². The van der Waals surface area contributed by atoms with Crippen molar-refractivity contribution in [3.05, 3.63) is 0 Å². The highest BCUT2D eigenvalue weighted by Gasteiger charge is 2.22. The van der Waals surface area contributed by atoms with Crippen molar-refractivity contribution in [2.24, 2.45) is 5.92 Å². The Labute approximate surface area is 131 Å².